The van der Waals surface area contributed by atoms with Crippen LogP contribution in [0.1, 0.15) is 5.56 Å². The maximum atomic E-state index is 12.7. The zero-order chi connectivity index (χ0) is 21.3. The van der Waals surface area contributed by atoms with Crippen LogP contribution < -0.4 is 10.9 Å². The van der Waals surface area contributed by atoms with Crippen LogP contribution in [0.25, 0.3) is 21.3 Å². The molecular weight excluding hydrogens is 461 g/mol. The molecule has 0 saturated heterocycles. The van der Waals surface area contributed by atoms with Crippen LogP contribution in [0.2, 0.25) is 10.0 Å². The van der Waals surface area contributed by atoms with Gasteiger partial charge in [0, 0.05) is 26.7 Å². The summed E-state index contributed by atoms with van der Waals surface area (Å²) >= 11 is 14.4. The van der Waals surface area contributed by atoms with Crippen LogP contribution in [0, 0.1) is 6.92 Å². The predicted octanol–water partition coefficient (Wildman–Crippen LogP) is 6.00. The summed E-state index contributed by atoms with van der Waals surface area (Å²) in [5.74, 6) is -0.179. The maximum Gasteiger partial charge on any atom is 0.260 e. The van der Waals surface area contributed by atoms with Gasteiger partial charge in [0.25, 0.3) is 5.56 Å². The third-order valence-electron chi connectivity index (χ3n) is 4.27. The van der Waals surface area contributed by atoms with Gasteiger partial charge in [-0.15, -0.1) is 11.3 Å². The lowest BCUT2D eigenvalue weighted by Gasteiger charge is -2.06. The summed E-state index contributed by atoms with van der Waals surface area (Å²) in [6, 6.07) is 12.8. The predicted molar refractivity (Wildman–Crippen MR) is 126 cm³/mol. The minimum absolute atomic E-state index is 0.0781. The maximum absolute atomic E-state index is 12.7. The van der Waals surface area contributed by atoms with Crippen LogP contribution in [0.4, 0.5) is 5.69 Å². The Morgan fingerprint density at radius 2 is 1.87 bits per heavy atom. The average molecular weight is 476 g/mol. The molecule has 0 spiro atoms. The molecule has 0 saturated carbocycles. The number of rotatable bonds is 5. The van der Waals surface area contributed by atoms with Gasteiger partial charge in [-0.2, -0.15) is 0 Å². The fourth-order valence-electron chi connectivity index (χ4n) is 2.90. The van der Waals surface area contributed by atoms with Crippen LogP contribution >= 0.6 is 46.3 Å². The summed E-state index contributed by atoms with van der Waals surface area (Å²) in [7, 11) is 0. The van der Waals surface area contributed by atoms with E-state index in [1.807, 2.05) is 36.6 Å². The van der Waals surface area contributed by atoms with Gasteiger partial charge in [0.1, 0.15) is 4.83 Å². The third kappa shape index (κ3) is 4.70. The van der Waals surface area contributed by atoms with E-state index < -0.39 is 0 Å². The topological polar surface area (TPSA) is 74.8 Å². The van der Waals surface area contributed by atoms with Crippen molar-refractivity contribution in [1.29, 1.82) is 0 Å². The van der Waals surface area contributed by atoms with Gasteiger partial charge >= 0.3 is 0 Å². The van der Waals surface area contributed by atoms with Crippen molar-refractivity contribution in [1.82, 2.24) is 9.97 Å². The second-order valence-corrected chi connectivity index (χ2v) is 9.26. The van der Waals surface area contributed by atoms with Crippen molar-refractivity contribution in [2.24, 2.45) is 0 Å². The molecular formula is C21H15Cl2N3O2S2. The summed E-state index contributed by atoms with van der Waals surface area (Å²) in [5, 5.41) is 6.48. The van der Waals surface area contributed by atoms with Crippen LogP contribution in [0.3, 0.4) is 0 Å². The number of carbonyl (C=O) groups is 1. The molecule has 0 bridgehead atoms. The first kappa shape index (κ1) is 20.9. The number of thiophene rings is 1. The van der Waals surface area contributed by atoms with Crippen LogP contribution in [0.5, 0.6) is 0 Å². The quantitative estimate of drug-likeness (QED) is 0.274. The van der Waals surface area contributed by atoms with E-state index in [0.29, 0.717) is 31.1 Å². The lowest BCUT2D eigenvalue weighted by molar-refractivity contribution is -0.113. The normalized spacial score (nSPS) is 11.0. The standard InChI is InChI=1S/C21H15Cl2N3O2S2/c1-11-2-4-12(5-3-11)16-9-29-20-18(16)19(28)25-21(26-20)30-10-17(27)24-15-7-13(22)6-14(23)8-15/h2-9H,10H2,1H3,(H,24,27)(H,25,26,28). The summed E-state index contributed by atoms with van der Waals surface area (Å²) in [4.78, 5) is 32.9. The molecule has 2 heterocycles. The Morgan fingerprint density at radius 1 is 1.17 bits per heavy atom. The van der Waals surface area contributed by atoms with E-state index in [1.54, 1.807) is 18.2 Å². The number of fused-ring (bicyclic) bond motifs is 1. The monoisotopic (exact) mass is 475 g/mol. The molecule has 0 aliphatic carbocycles. The van der Waals surface area contributed by atoms with Gasteiger partial charge in [-0.05, 0) is 30.7 Å². The number of hydrogen-bond acceptors (Lipinski definition) is 5. The lowest BCUT2D eigenvalue weighted by atomic mass is 10.1. The van der Waals surface area contributed by atoms with Crippen LogP contribution in [0.15, 0.2) is 57.8 Å². The smallest absolute Gasteiger partial charge is 0.260 e. The zero-order valence-electron chi connectivity index (χ0n) is 15.7. The van der Waals surface area contributed by atoms with E-state index in [1.165, 1.54) is 11.3 Å². The summed E-state index contributed by atoms with van der Waals surface area (Å²) in [6.07, 6.45) is 0. The fourth-order valence-corrected chi connectivity index (χ4v) is 5.09. The highest BCUT2D eigenvalue weighted by Gasteiger charge is 2.14. The highest BCUT2D eigenvalue weighted by Crippen LogP contribution is 2.31. The molecule has 1 amide bonds. The van der Waals surface area contributed by atoms with Crippen molar-refractivity contribution in [3.05, 3.63) is 73.8 Å². The number of H-pyrrole nitrogens is 1. The first-order valence-corrected chi connectivity index (χ1v) is 11.5. The minimum Gasteiger partial charge on any atom is -0.325 e. The minimum atomic E-state index is -0.257. The molecule has 5 nitrogen and oxygen atoms in total. The van der Waals surface area contributed by atoms with Gasteiger partial charge in [-0.1, -0.05) is 64.8 Å². The lowest BCUT2D eigenvalue weighted by Crippen LogP contribution is -2.15. The number of thioether (sulfide) groups is 1. The molecule has 0 unspecified atom stereocenters. The van der Waals surface area contributed by atoms with Crippen LogP contribution in [-0.4, -0.2) is 21.6 Å². The Morgan fingerprint density at radius 3 is 2.57 bits per heavy atom. The Kier molecular flexibility index (Phi) is 6.15. The number of halogens is 2. The van der Waals surface area contributed by atoms with Crippen molar-refractivity contribution >= 4 is 68.1 Å². The number of benzene rings is 2. The van der Waals surface area contributed by atoms with Gasteiger partial charge in [0.15, 0.2) is 5.16 Å². The number of amides is 1. The molecule has 2 N–H and O–H groups in total. The summed E-state index contributed by atoms with van der Waals surface area (Å²) in [5.41, 5.74) is 3.27. The van der Waals surface area contributed by atoms with E-state index in [9.17, 15) is 9.59 Å². The second kappa shape index (κ2) is 8.81. The number of nitrogens with zero attached hydrogens (tertiary/aromatic N) is 1. The molecule has 0 radical (unpaired) electrons. The van der Waals surface area contributed by atoms with E-state index in [-0.39, 0.29) is 17.2 Å². The van der Waals surface area contributed by atoms with E-state index in [2.05, 4.69) is 15.3 Å². The highest BCUT2D eigenvalue weighted by atomic mass is 35.5. The summed E-state index contributed by atoms with van der Waals surface area (Å²) < 4.78 is 0. The van der Waals surface area contributed by atoms with E-state index >= 15 is 0 Å². The number of aryl methyl sites for hydroxylation is 1. The van der Waals surface area contributed by atoms with Gasteiger partial charge < -0.3 is 10.3 Å². The molecule has 2 aromatic carbocycles. The largest absolute Gasteiger partial charge is 0.325 e. The van der Waals surface area contributed by atoms with Crippen molar-refractivity contribution in [3.63, 3.8) is 0 Å². The molecule has 152 valence electrons. The Hall–Kier alpha value is -2.32. The van der Waals surface area contributed by atoms with Crippen LogP contribution in [-0.2, 0) is 4.79 Å². The number of anilines is 1. The molecule has 0 fully saturated rings. The molecule has 0 aliphatic heterocycles. The first-order chi connectivity index (χ1) is 14.4. The van der Waals surface area contributed by atoms with Gasteiger partial charge in [-0.25, -0.2) is 4.98 Å². The molecule has 2 aromatic heterocycles. The highest BCUT2D eigenvalue weighted by molar-refractivity contribution is 7.99. The third-order valence-corrected chi connectivity index (χ3v) is 6.45. The molecule has 9 heteroatoms. The Balaban J connectivity index is 1.51. The number of aromatic nitrogens is 2. The number of aromatic amines is 1. The number of nitrogens with one attached hydrogen (secondary N) is 2. The van der Waals surface area contributed by atoms with Gasteiger partial charge in [0.05, 0.1) is 11.1 Å². The Bertz CT molecular complexity index is 1280. The molecule has 30 heavy (non-hydrogen) atoms. The van der Waals surface area contributed by atoms with Crippen molar-refractivity contribution in [3.8, 4) is 11.1 Å². The van der Waals surface area contributed by atoms with Crippen molar-refractivity contribution < 1.29 is 4.79 Å². The molecule has 4 rings (SSSR count). The second-order valence-electron chi connectivity index (χ2n) is 6.56. The molecule has 0 aliphatic rings. The van der Waals surface area contributed by atoms with Crippen molar-refractivity contribution in [2.75, 3.05) is 11.1 Å². The van der Waals surface area contributed by atoms with Gasteiger partial charge in [0.2, 0.25) is 5.91 Å². The zero-order valence-corrected chi connectivity index (χ0v) is 18.8. The van der Waals surface area contributed by atoms with Gasteiger partial charge in [-0.3, -0.25) is 9.59 Å². The molecule has 4 aromatic rings. The Labute approximate surface area is 190 Å². The van der Waals surface area contributed by atoms with E-state index in [4.69, 9.17) is 23.2 Å². The van der Waals surface area contributed by atoms with E-state index in [0.717, 1.165) is 28.5 Å². The fraction of sp³-hybridized carbons (Fsp3) is 0.0952. The first-order valence-electron chi connectivity index (χ1n) is 8.86. The number of hydrogen-bond donors (Lipinski definition) is 2. The SMILES string of the molecule is Cc1ccc(-c2csc3nc(SCC(=O)Nc4cc(Cl)cc(Cl)c4)[nH]c(=O)c23)cc1. The van der Waals surface area contributed by atoms with Crippen molar-refractivity contribution in [2.45, 2.75) is 12.1 Å². The average Bonchev–Trinajstić information content (AvgIpc) is 3.11. The summed E-state index contributed by atoms with van der Waals surface area (Å²) in [6.45, 7) is 2.02. The number of carbonyl (C=O) groups excluding carboxylic acids is 1. The molecule has 0 atom stereocenters.